The van der Waals surface area contributed by atoms with Crippen molar-refractivity contribution in [1.29, 1.82) is 0 Å². The third kappa shape index (κ3) is 1.61. The van der Waals surface area contributed by atoms with Crippen molar-refractivity contribution in [2.75, 3.05) is 6.61 Å². The first-order chi connectivity index (χ1) is 4.84. The summed E-state index contributed by atoms with van der Waals surface area (Å²) in [7, 11) is 5.60. The number of hydrogen-bond donors (Lipinski definition) is 1. The predicted molar refractivity (Wildman–Crippen MR) is 42.6 cm³/mol. The molecule has 0 aliphatic rings. The minimum absolute atomic E-state index is 0.161. The van der Waals surface area contributed by atoms with Gasteiger partial charge in [0.05, 0.1) is 0 Å². The maximum atomic E-state index is 8.59. The van der Waals surface area contributed by atoms with Crippen LogP contribution in [0.5, 0.6) is 0 Å². The van der Waals surface area contributed by atoms with Gasteiger partial charge in [-0.3, -0.25) is 0 Å². The highest BCUT2D eigenvalue weighted by Gasteiger charge is 1.92. The molecule has 0 amide bonds. The SMILES string of the molecule is [B]c1ccccc1CCO. The summed E-state index contributed by atoms with van der Waals surface area (Å²) in [5.41, 5.74) is 1.78. The summed E-state index contributed by atoms with van der Waals surface area (Å²) in [5.74, 6) is 0. The maximum absolute atomic E-state index is 8.59. The largest absolute Gasteiger partial charge is 0.396 e. The summed E-state index contributed by atoms with van der Waals surface area (Å²) in [4.78, 5) is 0. The van der Waals surface area contributed by atoms with Crippen LogP contribution in [0, 0.1) is 0 Å². The van der Waals surface area contributed by atoms with E-state index in [4.69, 9.17) is 13.0 Å². The molecule has 2 radical (unpaired) electrons. The molecule has 1 nitrogen and oxygen atoms in total. The number of hydrogen-bond acceptors (Lipinski definition) is 1. The van der Waals surface area contributed by atoms with Crippen molar-refractivity contribution in [3.05, 3.63) is 29.8 Å². The Morgan fingerprint density at radius 1 is 1.30 bits per heavy atom. The van der Waals surface area contributed by atoms with Crippen molar-refractivity contribution in [2.24, 2.45) is 0 Å². The van der Waals surface area contributed by atoms with E-state index in [1.807, 2.05) is 24.3 Å². The second kappa shape index (κ2) is 3.42. The summed E-state index contributed by atoms with van der Waals surface area (Å²) in [6.07, 6.45) is 0.646. The van der Waals surface area contributed by atoms with Crippen LogP contribution in [-0.2, 0) is 6.42 Å². The van der Waals surface area contributed by atoms with Crippen molar-refractivity contribution in [3.63, 3.8) is 0 Å². The monoisotopic (exact) mass is 132 g/mol. The second-order valence-electron chi connectivity index (χ2n) is 2.17. The van der Waals surface area contributed by atoms with Gasteiger partial charge in [0.25, 0.3) is 0 Å². The van der Waals surface area contributed by atoms with Crippen LogP contribution in [0.2, 0.25) is 0 Å². The third-order valence-corrected chi connectivity index (χ3v) is 1.44. The average molecular weight is 132 g/mol. The molecule has 0 spiro atoms. The highest BCUT2D eigenvalue weighted by atomic mass is 16.2. The minimum Gasteiger partial charge on any atom is -0.396 e. The molecule has 1 aromatic rings. The van der Waals surface area contributed by atoms with E-state index in [0.717, 1.165) is 11.0 Å². The Labute approximate surface area is 62.1 Å². The zero-order valence-corrected chi connectivity index (χ0v) is 5.75. The lowest BCUT2D eigenvalue weighted by Crippen LogP contribution is -2.10. The Balaban J connectivity index is 2.81. The number of aliphatic hydroxyl groups is 1. The normalized spacial score (nSPS) is 9.70. The number of benzene rings is 1. The fourth-order valence-corrected chi connectivity index (χ4v) is 0.882. The van der Waals surface area contributed by atoms with E-state index in [-0.39, 0.29) is 6.61 Å². The molecule has 0 aliphatic heterocycles. The molecule has 0 heterocycles. The Hall–Kier alpha value is -0.755. The molecule has 50 valence electrons. The minimum atomic E-state index is 0.161. The lowest BCUT2D eigenvalue weighted by molar-refractivity contribution is 0.300. The molecule has 10 heavy (non-hydrogen) atoms. The Kier molecular flexibility index (Phi) is 2.52. The number of aliphatic hydroxyl groups excluding tert-OH is 1. The molecule has 0 aliphatic carbocycles. The van der Waals surface area contributed by atoms with E-state index in [0.29, 0.717) is 6.42 Å². The molecule has 1 aromatic carbocycles. The molecule has 0 unspecified atom stereocenters. The Morgan fingerprint density at radius 3 is 2.60 bits per heavy atom. The van der Waals surface area contributed by atoms with Crippen LogP contribution in [0.15, 0.2) is 24.3 Å². The van der Waals surface area contributed by atoms with Gasteiger partial charge in [-0.15, -0.1) is 0 Å². The van der Waals surface area contributed by atoms with Gasteiger partial charge in [0.15, 0.2) is 0 Å². The van der Waals surface area contributed by atoms with Gasteiger partial charge in [-0.05, 0) is 6.42 Å². The predicted octanol–water partition coefficient (Wildman–Crippen LogP) is 0.0152. The van der Waals surface area contributed by atoms with Crippen molar-refractivity contribution >= 4 is 13.3 Å². The van der Waals surface area contributed by atoms with E-state index in [9.17, 15) is 0 Å². The fraction of sp³-hybridized carbons (Fsp3) is 0.250. The maximum Gasteiger partial charge on any atom is 0.114 e. The van der Waals surface area contributed by atoms with Crippen molar-refractivity contribution < 1.29 is 5.11 Å². The quantitative estimate of drug-likeness (QED) is 0.562. The molecule has 0 saturated carbocycles. The molecule has 0 saturated heterocycles. The van der Waals surface area contributed by atoms with Gasteiger partial charge in [-0.1, -0.05) is 35.3 Å². The molecular formula is C8H9BO. The van der Waals surface area contributed by atoms with Crippen LogP contribution < -0.4 is 5.46 Å². The highest BCUT2D eigenvalue weighted by molar-refractivity contribution is 6.33. The van der Waals surface area contributed by atoms with Crippen LogP contribution in [0.1, 0.15) is 5.56 Å². The zero-order chi connectivity index (χ0) is 7.40. The molecule has 0 bridgehead atoms. The molecule has 0 aromatic heterocycles. The summed E-state index contributed by atoms with van der Waals surface area (Å²) in [6, 6.07) is 7.56. The first kappa shape index (κ1) is 7.35. The van der Waals surface area contributed by atoms with Crippen LogP contribution in [-0.4, -0.2) is 19.6 Å². The van der Waals surface area contributed by atoms with E-state index in [1.54, 1.807) is 0 Å². The van der Waals surface area contributed by atoms with Gasteiger partial charge >= 0.3 is 0 Å². The van der Waals surface area contributed by atoms with E-state index >= 15 is 0 Å². The van der Waals surface area contributed by atoms with E-state index in [2.05, 4.69) is 0 Å². The van der Waals surface area contributed by atoms with Crippen LogP contribution in [0.3, 0.4) is 0 Å². The van der Waals surface area contributed by atoms with Crippen molar-refractivity contribution in [1.82, 2.24) is 0 Å². The van der Waals surface area contributed by atoms with Gasteiger partial charge in [-0.25, -0.2) is 0 Å². The lowest BCUT2D eigenvalue weighted by atomic mass is 9.89. The highest BCUT2D eigenvalue weighted by Crippen LogP contribution is 1.94. The van der Waals surface area contributed by atoms with Gasteiger partial charge in [0, 0.05) is 6.61 Å². The molecule has 1 rings (SSSR count). The lowest BCUT2D eigenvalue weighted by Gasteiger charge is -2.01. The summed E-state index contributed by atoms with van der Waals surface area (Å²) >= 11 is 0. The van der Waals surface area contributed by atoms with E-state index in [1.165, 1.54) is 0 Å². The van der Waals surface area contributed by atoms with E-state index < -0.39 is 0 Å². The van der Waals surface area contributed by atoms with Crippen molar-refractivity contribution in [2.45, 2.75) is 6.42 Å². The molecular weight excluding hydrogens is 123 g/mol. The number of rotatable bonds is 2. The van der Waals surface area contributed by atoms with Crippen LogP contribution in [0.4, 0.5) is 0 Å². The standard InChI is InChI=1S/C8H9BO/c9-8-4-2-1-3-7(8)5-6-10/h1-4,10H,5-6H2. The van der Waals surface area contributed by atoms with Crippen LogP contribution >= 0.6 is 0 Å². The molecule has 1 N–H and O–H groups in total. The summed E-state index contributed by atoms with van der Waals surface area (Å²) in [6.45, 7) is 0.161. The summed E-state index contributed by atoms with van der Waals surface area (Å²) < 4.78 is 0. The topological polar surface area (TPSA) is 20.2 Å². The second-order valence-corrected chi connectivity index (χ2v) is 2.17. The molecule has 2 heteroatoms. The Bertz CT molecular complexity index is 210. The van der Waals surface area contributed by atoms with Gasteiger partial charge in [0.1, 0.15) is 7.85 Å². The first-order valence-electron chi connectivity index (χ1n) is 3.29. The molecule has 0 fully saturated rings. The van der Waals surface area contributed by atoms with Crippen LogP contribution in [0.25, 0.3) is 0 Å². The fourth-order valence-electron chi connectivity index (χ4n) is 0.882. The zero-order valence-electron chi connectivity index (χ0n) is 5.75. The smallest absolute Gasteiger partial charge is 0.114 e. The average Bonchev–Trinajstić information content (AvgIpc) is 1.94. The first-order valence-corrected chi connectivity index (χ1v) is 3.29. The Morgan fingerprint density at radius 2 is 2.00 bits per heavy atom. The summed E-state index contributed by atoms with van der Waals surface area (Å²) in [5, 5.41) is 8.59. The van der Waals surface area contributed by atoms with Crippen molar-refractivity contribution in [3.8, 4) is 0 Å². The molecule has 0 atom stereocenters. The van der Waals surface area contributed by atoms with Gasteiger partial charge in [0.2, 0.25) is 0 Å². The van der Waals surface area contributed by atoms with Gasteiger partial charge < -0.3 is 5.11 Å². The third-order valence-electron chi connectivity index (χ3n) is 1.44. The van der Waals surface area contributed by atoms with Gasteiger partial charge in [-0.2, -0.15) is 0 Å².